The van der Waals surface area contributed by atoms with Gasteiger partial charge in [0, 0.05) is 17.1 Å². The van der Waals surface area contributed by atoms with Gasteiger partial charge in [-0.05, 0) is 64.9 Å². The fourth-order valence-corrected chi connectivity index (χ4v) is 4.12. The van der Waals surface area contributed by atoms with Crippen LogP contribution in [0.4, 0.5) is 0 Å². The van der Waals surface area contributed by atoms with E-state index < -0.39 is 5.92 Å². The summed E-state index contributed by atoms with van der Waals surface area (Å²) >= 11 is 0. The van der Waals surface area contributed by atoms with E-state index in [1.54, 1.807) is 12.1 Å². The average molecular weight is 435 g/mol. The van der Waals surface area contributed by atoms with Crippen LogP contribution in [0.3, 0.4) is 0 Å². The van der Waals surface area contributed by atoms with E-state index in [1.807, 2.05) is 36.5 Å². The maximum atomic E-state index is 12.8. The highest BCUT2D eigenvalue weighted by Crippen LogP contribution is 2.33. The number of hydrogen-bond donors (Lipinski definition) is 0. The fourth-order valence-electron chi connectivity index (χ4n) is 4.12. The van der Waals surface area contributed by atoms with Crippen molar-refractivity contribution >= 4 is 16.9 Å². The number of hydrogen-bond acceptors (Lipinski definition) is 4. The second-order valence-electron chi connectivity index (χ2n) is 8.51. The number of fused-ring (bicyclic) bond motifs is 1. The van der Waals surface area contributed by atoms with Gasteiger partial charge in [0.25, 0.3) is 0 Å². The number of nitriles is 1. The van der Waals surface area contributed by atoms with E-state index >= 15 is 0 Å². The number of nitrogens with zero attached hydrogens (tertiary/aromatic N) is 2. The average Bonchev–Trinajstić information content (AvgIpc) is 2.86. The third kappa shape index (κ3) is 4.78. The fraction of sp³-hybridized carbons (Fsp3) is 0.207. The predicted octanol–water partition coefficient (Wildman–Crippen LogP) is 6.40. The van der Waals surface area contributed by atoms with Gasteiger partial charge < -0.3 is 4.74 Å². The van der Waals surface area contributed by atoms with Gasteiger partial charge in [-0.1, -0.05) is 56.3 Å². The maximum absolute atomic E-state index is 12.8. The Morgan fingerprint density at radius 1 is 1.00 bits per heavy atom. The van der Waals surface area contributed by atoms with Crippen LogP contribution < -0.4 is 0 Å². The molecule has 164 valence electrons. The van der Waals surface area contributed by atoms with Crippen LogP contribution in [0.15, 0.2) is 79.0 Å². The van der Waals surface area contributed by atoms with Crippen LogP contribution in [0.25, 0.3) is 22.0 Å². The summed E-state index contributed by atoms with van der Waals surface area (Å²) in [4.78, 5) is 17.4. The number of aromatic nitrogens is 1. The molecule has 33 heavy (non-hydrogen) atoms. The van der Waals surface area contributed by atoms with Crippen LogP contribution in [-0.2, 0) is 16.0 Å². The molecule has 1 aromatic heterocycles. The van der Waals surface area contributed by atoms with Crippen LogP contribution >= 0.6 is 0 Å². The van der Waals surface area contributed by atoms with Gasteiger partial charge in [-0.3, -0.25) is 9.78 Å². The number of benzene rings is 3. The van der Waals surface area contributed by atoms with Crippen molar-refractivity contribution in [3.63, 3.8) is 0 Å². The zero-order valence-corrected chi connectivity index (χ0v) is 19.1. The number of carbonyl (C=O) groups is 1. The van der Waals surface area contributed by atoms with Crippen molar-refractivity contribution in [2.45, 2.75) is 32.1 Å². The molecule has 4 heteroatoms. The van der Waals surface area contributed by atoms with Crippen molar-refractivity contribution in [3.8, 4) is 17.2 Å². The molecule has 4 rings (SSSR count). The minimum atomic E-state index is -0.449. The molecule has 4 aromatic rings. The molecule has 0 saturated heterocycles. The Morgan fingerprint density at radius 3 is 2.48 bits per heavy atom. The normalized spacial score (nSPS) is 11.8. The molecule has 1 heterocycles. The van der Waals surface area contributed by atoms with Gasteiger partial charge in [0.1, 0.15) is 0 Å². The van der Waals surface area contributed by atoms with Crippen LogP contribution in [0.2, 0.25) is 0 Å². The summed E-state index contributed by atoms with van der Waals surface area (Å²) in [6.45, 7) is 4.37. The smallest absolute Gasteiger partial charge is 0.313 e. The molecular weight excluding hydrogens is 408 g/mol. The number of esters is 1. The quantitative estimate of drug-likeness (QED) is 0.330. The van der Waals surface area contributed by atoms with E-state index in [-0.39, 0.29) is 5.97 Å². The Hall–Kier alpha value is -3.97. The van der Waals surface area contributed by atoms with E-state index in [2.05, 4.69) is 55.2 Å². The molecule has 0 saturated carbocycles. The summed E-state index contributed by atoms with van der Waals surface area (Å²) in [6.07, 6.45) is 2.31. The Morgan fingerprint density at radius 2 is 1.79 bits per heavy atom. The molecule has 0 fully saturated rings. The molecule has 0 aliphatic rings. The molecule has 1 unspecified atom stereocenters. The SMILES string of the molecule is COC(=O)C(Cc1ccc(C#N)cc1)c1cccc(-c2cc(C(C)C)cc3cccnc23)c1. The van der Waals surface area contributed by atoms with Gasteiger partial charge in [0.15, 0.2) is 0 Å². The Labute approximate surface area is 194 Å². The van der Waals surface area contributed by atoms with Crippen LogP contribution in [-0.4, -0.2) is 18.1 Å². The molecule has 0 N–H and O–H groups in total. The van der Waals surface area contributed by atoms with Crippen LogP contribution in [0, 0.1) is 11.3 Å². The lowest BCUT2D eigenvalue weighted by molar-refractivity contribution is -0.142. The number of ether oxygens (including phenoxy) is 1. The molecule has 1 atom stereocenters. The minimum Gasteiger partial charge on any atom is -0.469 e. The Kier molecular flexibility index (Phi) is 6.51. The lowest BCUT2D eigenvalue weighted by atomic mass is 9.88. The van der Waals surface area contributed by atoms with E-state index in [0.717, 1.165) is 33.2 Å². The van der Waals surface area contributed by atoms with Crippen LogP contribution in [0.5, 0.6) is 0 Å². The summed E-state index contributed by atoms with van der Waals surface area (Å²) in [6, 6.07) is 26.0. The number of carbonyl (C=O) groups excluding carboxylic acids is 1. The highest BCUT2D eigenvalue weighted by molar-refractivity contribution is 5.94. The lowest BCUT2D eigenvalue weighted by Gasteiger charge is -2.17. The first-order valence-corrected chi connectivity index (χ1v) is 11.1. The molecular formula is C29H26N2O2. The standard InChI is InChI=1S/C29H26N2O2/c1-19(2)25-16-24-8-5-13-31-28(24)26(17-25)22-6-4-7-23(15-22)27(29(32)33-3)14-20-9-11-21(18-30)12-10-20/h4-13,15-17,19,27H,14H2,1-3H3. The Balaban J connectivity index is 1.78. The summed E-state index contributed by atoms with van der Waals surface area (Å²) in [7, 11) is 1.42. The van der Waals surface area contributed by atoms with Crippen molar-refractivity contribution in [1.82, 2.24) is 4.98 Å². The summed E-state index contributed by atoms with van der Waals surface area (Å²) < 4.78 is 5.15. The van der Waals surface area contributed by atoms with Gasteiger partial charge in [-0.2, -0.15) is 5.26 Å². The molecule has 0 spiro atoms. The molecule has 0 amide bonds. The monoisotopic (exact) mass is 434 g/mol. The topological polar surface area (TPSA) is 63.0 Å². The summed E-state index contributed by atoms with van der Waals surface area (Å²) in [5, 5.41) is 10.2. The van der Waals surface area contributed by atoms with Gasteiger partial charge in [0.2, 0.25) is 0 Å². The third-order valence-electron chi connectivity index (χ3n) is 6.00. The first kappa shape index (κ1) is 22.2. The number of methoxy groups -OCH3 is 1. The molecule has 0 bridgehead atoms. The first-order chi connectivity index (χ1) is 16.0. The molecule has 4 nitrogen and oxygen atoms in total. The van der Waals surface area contributed by atoms with Crippen molar-refractivity contribution in [2.24, 2.45) is 0 Å². The van der Waals surface area contributed by atoms with E-state index in [9.17, 15) is 4.79 Å². The van der Waals surface area contributed by atoms with Crippen molar-refractivity contribution in [3.05, 3.63) is 101 Å². The Bertz CT molecular complexity index is 1330. The molecule has 0 radical (unpaired) electrons. The van der Waals surface area contributed by atoms with E-state index in [0.29, 0.717) is 17.9 Å². The molecule has 0 aliphatic carbocycles. The molecule has 0 aliphatic heterocycles. The molecule has 3 aromatic carbocycles. The highest BCUT2D eigenvalue weighted by atomic mass is 16.5. The summed E-state index contributed by atoms with van der Waals surface area (Å²) in [5.41, 5.74) is 6.73. The van der Waals surface area contributed by atoms with Gasteiger partial charge in [-0.15, -0.1) is 0 Å². The van der Waals surface area contributed by atoms with Crippen molar-refractivity contribution in [2.75, 3.05) is 7.11 Å². The maximum Gasteiger partial charge on any atom is 0.313 e. The lowest BCUT2D eigenvalue weighted by Crippen LogP contribution is -2.17. The zero-order valence-electron chi connectivity index (χ0n) is 19.1. The third-order valence-corrected chi connectivity index (χ3v) is 6.00. The minimum absolute atomic E-state index is 0.282. The van der Waals surface area contributed by atoms with Gasteiger partial charge >= 0.3 is 5.97 Å². The second-order valence-corrected chi connectivity index (χ2v) is 8.51. The predicted molar refractivity (Wildman–Crippen MR) is 131 cm³/mol. The number of rotatable bonds is 6. The second kappa shape index (κ2) is 9.67. The zero-order chi connectivity index (χ0) is 23.4. The van der Waals surface area contributed by atoms with Gasteiger partial charge in [0.05, 0.1) is 30.2 Å². The first-order valence-electron chi connectivity index (χ1n) is 11.1. The van der Waals surface area contributed by atoms with E-state index in [1.165, 1.54) is 12.7 Å². The van der Waals surface area contributed by atoms with Gasteiger partial charge in [-0.25, -0.2) is 0 Å². The van der Waals surface area contributed by atoms with Crippen molar-refractivity contribution < 1.29 is 9.53 Å². The number of pyridine rings is 1. The van der Waals surface area contributed by atoms with E-state index in [4.69, 9.17) is 10.00 Å². The highest BCUT2D eigenvalue weighted by Gasteiger charge is 2.23. The van der Waals surface area contributed by atoms with Crippen LogP contribution in [0.1, 0.15) is 47.9 Å². The summed E-state index contributed by atoms with van der Waals surface area (Å²) in [5.74, 6) is -0.346. The van der Waals surface area contributed by atoms with Crippen molar-refractivity contribution in [1.29, 1.82) is 5.26 Å². The largest absolute Gasteiger partial charge is 0.469 e.